The van der Waals surface area contributed by atoms with Crippen LogP contribution >= 0.6 is 12.2 Å². The molecule has 1 aliphatic rings. The van der Waals surface area contributed by atoms with Gasteiger partial charge in [-0.25, -0.2) is 4.79 Å². The molecule has 0 aliphatic carbocycles. The van der Waals surface area contributed by atoms with E-state index in [1.165, 1.54) is 0 Å². The quantitative estimate of drug-likeness (QED) is 0.609. The van der Waals surface area contributed by atoms with Crippen LogP contribution in [0.2, 0.25) is 0 Å². The number of thiocarbonyl (C=S) groups is 1. The predicted octanol–water partition coefficient (Wildman–Crippen LogP) is 3.08. The molecule has 1 aromatic carbocycles. The van der Waals surface area contributed by atoms with Crippen LogP contribution in [0.1, 0.15) is 39.3 Å². The van der Waals surface area contributed by atoms with Crippen molar-refractivity contribution < 1.29 is 14.3 Å². The van der Waals surface area contributed by atoms with E-state index >= 15 is 0 Å². The number of carbonyl (C=O) groups excluding carboxylic acids is 1. The van der Waals surface area contributed by atoms with Gasteiger partial charge in [-0.2, -0.15) is 0 Å². The van der Waals surface area contributed by atoms with Gasteiger partial charge in [0.05, 0.1) is 24.8 Å². The molecule has 0 unspecified atom stereocenters. The van der Waals surface area contributed by atoms with Crippen LogP contribution in [-0.4, -0.2) is 24.3 Å². The second kappa shape index (κ2) is 8.15. The number of hydrogen-bond donors (Lipinski definition) is 2. The van der Waals surface area contributed by atoms with Crippen LogP contribution in [0.4, 0.5) is 0 Å². The topological polar surface area (TPSA) is 59.6 Å². The molecular formula is C18H24N2O3S. The van der Waals surface area contributed by atoms with Gasteiger partial charge in [-0.15, -0.1) is 0 Å². The van der Waals surface area contributed by atoms with E-state index < -0.39 is 0 Å². The average Bonchev–Trinajstić information content (AvgIpc) is 2.52. The van der Waals surface area contributed by atoms with Crippen molar-refractivity contribution in [2.24, 2.45) is 5.92 Å². The van der Waals surface area contributed by atoms with Crippen molar-refractivity contribution in [3.8, 4) is 5.75 Å². The van der Waals surface area contributed by atoms with Crippen molar-refractivity contribution in [3.05, 3.63) is 41.1 Å². The van der Waals surface area contributed by atoms with Crippen LogP contribution < -0.4 is 15.4 Å². The molecule has 0 saturated heterocycles. The Morgan fingerprint density at radius 2 is 1.96 bits per heavy atom. The Bertz CT molecular complexity index is 638. The Kier molecular flexibility index (Phi) is 6.20. The molecule has 0 fully saturated rings. The summed E-state index contributed by atoms with van der Waals surface area (Å²) in [6.45, 7) is 8.82. The summed E-state index contributed by atoms with van der Waals surface area (Å²) in [5.41, 5.74) is 2.18. The molecule has 0 radical (unpaired) electrons. The molecule has 24 heavy (non-hydrogen) atoms. The molecule has 1 heterocycles. The minimum absolute atomic E-state index is 0.328. The van der Waals surface area contributed by atoms with Gasteiger partial charge < -0.3 is 20.1 Å². The smallest absolute Gasteiger partial charge is 0.338 e. The van der Waals surface area contributed by atoms with Crippen molar-refractivity contribution in [3.63, 3.8) is 0 Å². The first-order valence-corrected chi connectivity index (χ1v) is 8.51. The zero-order valence-electron chi connectivity index (χ0n) is 14.5. The maximum Gasteiger partial charge on any atom is 0.338 e. The molecule has 2 rings (SSSR count). The first-order chi connectivity index (χ1) is 11.4. The first kappa shape index (κ1) is 18.3. The van der Waals surface area contributed by atoms with E-state index in [0.717, 1.165) is 11.3 Å². The molecule has 0 saturated carbocycles. The molecule has 0 bridgehead atoms. The van der Waals surface area contributed by atoms with Gasteiger partial charge in [0.2, 0.25) is 0 Å². The van der Waals surface area contributed by atoms with Gasteiger partial charge in [0.15, 0.2) is 5.11 Å². The summed E-state index contributed by atoms with van der Waals surface area (Å²) in [4.78, 5) is 12.3. The SMILES string of the molecule is CCOC(=O)C1=C(C)NC(=S)N[C@H]1c1ccc(OCC(C)C)cc1. The average molecular weight is 348 g/mol. The highest BCUT2D eigenvalue weighted by atomic mass is 32.1. The zero-order valence-corrected chi connectivity index (χ0v) is 15.3. The van der Waals surface area contributed by atoms with Gasteiger partial charge in [-0.3, -0.25) is 0 Å². The van der Waals surface area contributed by atoms with E-state index in [1.54, 1.807) is 6.92 Å². The Morgan fingerprint density at radius 1 is 1.29 bits per heavy atom. The Hall–Kier alpha value is -2.08. The van der Waals surface area contributed by atoms with E-state index in [0.29, 0.717) is 35.5 Å². The van der Waals surface area contributed by atoms with Gasteiger partial charge in [0.25, 0.3) is 0 Å². The van der Waals surface area contributed by atoms with Crippen LogP contribution in [0.15, 0.2) is 35.5 Å². The van der Waals surface area contributed by atoms with Crippen molar-refractivity contribution in [2.75, 3.05) is 13.2 Å². The largest absolute Gasteiger partial charge is 0.493 e. The van der Waals surface area contributed by atoms with E-state index in [9.17, 15) is 4.79 Å². The molecule has 130 valence electrons. The fourth-order valence-corrected chi connectivity index (χ4v) is 2.71. The van der Waals surface area contributed by atoms with Gasteiger partial charge in [-0.1, -0.05) is 26.0 Å². The van der Waals surface area contributed by atoms with Gasteiger partial charge in [0, 0.05) is 5.70 Å². The molecule has 1 aliphatic heterocycles. The van der Waals surface area contributed by atoms with Gasteiger partial charge >= 0.3 is 5.97 Å². The molecule has 5 nitrogen and oxygen atoms in total. The third-order valence-electron chi connectivity index (χ3n) is 3.56. The minimum atomic E-state index is -0.345. The summed E-state index contributed by atoms with van der Waals surface area (Å²) in [6, 6.07) is 7.35. The van der Waals surface area contributed by atoms with E-state index in [1.807, 2.05) is 31.2 Å². The van der Waals surface area contributed by atoms with Crippen molar-refractivity contribution in [1.29, 1.82) is 0 Å². The highest BCUT2D eigenvalue weighted by Gasteiger charge is 2.30. The lowest BCUT2D eigenvalue weighted by molar-refractivity contribution is -0.139. The maximum absolute atomic E-state index is 12.3. The fourth-order valence-electron chi connectivity index (χ4n) is 2.44. The second-order valence-electron chi connectivity index (χ2n) is 6.06. The highest BCUT2D eigenvalue weighted by molar-refractivity contribution is 7.80. The predicted molar refractivity (Wildman–Crippen MR) is 97.7 cm³/mol. The lowest BCUT2D eigenvalue weighted by atomic mass is 9.95. The minimum Gasteiger partial charge on any atom is -0.493 e. The second-order valence-corrected chi connectivity index (χ2v) is 6.47. The molecule has 0 aromatic heterocycles. The number of esters is 1. The first-order valence-electron chi connectivity index (χ1n) is 8.10. The van der Waals surface area contributed by atoms with E-state index in [4.69, 9.17) is 21.7 Å². The van der Waals surface area contributed by atoms with Crippen molar-refractivity contribution in [1.82, 2.24) is 10.6 Å². The molecule has 0 spiro atoms. The van der Waals surface area contributed by atoms with Gasteiger partial charge in [-0.05, 0) is 49.7 Å². The number of carbonyl (C=O) groups is 1. The zero-order chi connectivity index (χ0) is 17.7. The Balaban J connectivity index is 2.25. The van der Waals surface area contributed by atoms with Crippen molar-refractivity contribution >= 4 is 23.3 Å². The van der Waals surface area contributed by atoms with Crippen LogP contribution in [-0.2, 0) is 9.53 Å². The lowest BCUT2D eigenvalue weighted by Gasteiger charge is -2.29. The summed E-state index contributed by atoms with van der Waals surface area (Å²) < 4.78 is 10.9. The van der Waals surface area contributed by atoms with E-state index in [-0.39, 0.29) is 12.0 Å². The molecule has 2 N–H and O–H groups in total. The number of benzene rings is 1. The van der Waals surface area contributed by atoms with Crippen LogP contribution in [0.3, 0.4) is 0 Å². The number of hydrogen-bond acceptors (Lipinski definition) is 4. The summed E-state index contributed by atoms with van der Waals surface area (Å²) in [6.07, 6.45) is 0. The number of ether oxygens (including phenoxy) is 2. The van der Waals surface area contributed by atoms with Crippen LogP contribution in [0, 0.1) is 5.92 Å². The lowest BCUT2D eigenvalue weighted by Crippen LogP contribution is -2.45. The van der Waals surface area contributed by atoms with Gasteiger partial charge in [0.1, 0.15) is 5.75 Å². The van der Waals surface area contributed by atoms with Crippen molar-refractivity contribution in [2.45, 2.75) is 33.7 Å². The van der Waals surface area contributed by atoms with Crippen LogP contribution in [0.25, 0.3) is 0 Å². The van der Waals surface area contributed by atoms with Crippen LogP contribution in [0.5, 0.6) is 5.75 Å². The molecule has 0 amide bonds. The summed E-state index contributed by atoms with van der Waals surface area (Å²) in [7, 11) is 0. The highest BCUT2D eigenvalue weighted by Crippen LogP contribution is 2.29. The normalized spacial score (nSPS) is 17.4. The fraction of sp³-hybridized carbons (Fsp3) is 0.444. The molecule has 1 aromatic rings. The summed E-state index contributed by atoms with van der Waals surface area (Å²) in [5, 5.41) is 6.62. The maximum atomic E-state index is 12.3. The Morgan fingerprint density at radius 3 is 2.54 bits per heavy atom. The standard InChI is InChI=1S/C18H24N2O3S/c1-5-22-17(21)15-12(4)19-18(24)20-16(15)13-6-8-14(9-7-13)23-10-11(2)3/h6-9,11,16H,5,10H2,1-4H3,(H2,19,20,24)/t16-/m0/s1. The number of nitrogens with one attached hydrogen (secondary N) is 2. The van der Waals surface area contributed by atoms with E-state index in [2.05, 4.69) is 24.5 Å². The summed E-state index contributed by atoms with van der Waals surface area (Å²) >= 11 is 5.23. The Labute approximate surface area is 148 Å². The number of allylic oxidation sites excluding steroid dienone is 1. The molecule has 6 heteroatoms. The number of rotatable bonds is 6. The molecular weight excluding hydrogens is 324 g/mol. The third-order valence-corrected chi connectivity index (χ3v) is 3.78. The summed E-state index contributed by atoms with van der Waals surface area (Å²) in [5.74, 6) is 0.930. The third kappa shape index (κ3) is 4.47. The monoisotopic (exact) mass is 348 g/mol. The molecule has 1 atom stereocenters.